The molecule has 0 aliphatic rings. The van der Waals surface area contributed by atoms with E-state index >= 15 is 0 Å². The summed E-state index contributed by atoms with van der Waals surface area (Å²) in [6.45, 7) is 3.31. The number of carbonyl (C=O) groups is 2. The van der Waals surface area contributed by atoms with Gasteiger partial charge in [0.05, 0.1) is 18.8 Å². The molecule has 0 unspecified atom stereocenters. The van der Waals surface area contributed by atoms with Crippen molar-refractivity contribution in [3.05, 3.63) is 48.6 Å². The van der Waals surface area contributed by atoms with Crippen LogP contribution in [-0.4, -0.2) is 63.5 Å². The summed E-state index contributed by atoms with van der Waals surface area (Å²) >= 11 is 0. The Morgan fingerprint density at radius 3 is 1.60 bits per heavy atom. The first kappa shape index (κ1) is 47.9. The molecule has 0 rings (SSSR count). The fourth-order valence-corrected chi connectivity index (χ4v) is 5.47. The van der Waals surface area contributed by atoms with E-state index in [9.17, 15) is 24.4 Å². The highest BCUT2D eigenvalue weighted by Crippen LogP contribution is 2.36. The highest BCUT2D eigenvalue weighted by Gasteiger charge is 2.23. The number of unbranched alkanes of at least 4 members (excludes halogenated alkanes) is 12. The number of carbonyl (C=O) groups excluding carboxylic acids is 2. The Bertz CT molecular complexity index is 987. The molecule has 0 aliphatic heterocycles. The molecule has 0 spiro atoms. The number of ether oxygens (including phenoxy) is 2. The van der Waals surface area contributed by atoms with E-state index in [1.807, 2.05) is 18.2 Å². The van der Waals surface area contributed by atoms with Gasteiger partial charge in [0.25, 0.3) is 0 Å². The zero-order chi connectivity index (χ0) is 37.1. The van der Waals surface area contributed by atoms with Crippen LogP contribution in [0.5, 0.6) is 0 Å². The number of esters is 2. The molecule has 0 amide bonds. The van der Waals surface area contributed by atoms with Crippen molar-refractivity contribution in [3.63, 3.8) is 0 Å². The average molecular weight is 729 g/mol. The summed E-state index contributed by atoms with van der Waals surface area (Å²) in [5, 5.41) is 20.5. The molecule has 0 aromatic rings. The zero-order valence-electron chi connectivity index (χ0n) is 31.0. The summed E-state index contributed by atoms with van der Waals surface area (Å²) in [6, 6.07) is 0. The first-order valence-corrected chi connectivity index (χ1v) is 20.6. The van der Waals surface area contributed by atoms with Gasteiger partial charge in [-0.3, -0.25) is 14.1 Å². The topological polar surface area (TPSA) is 160 Å². The predicted octanol–water partition coefficient (Wildman–Crippen LogP) is 9.12. The molecular weight excluding hydrogens is 659 g/mol. The van der Waals surface area contributed by atoms with Crippen LogP contribution >= 0.6 is 7.82 Å². The second-order valence-corrected chi connectivity index (χ2v) is 14.1. The molecular formula is C39H69O10P. The maximum absolute atomic E-state index is 12.4. The summed E-state index contributed by atoms with van der Waals surface area (Å²) in [4.78, 5) is 42.8. The molecule has 0 radical (unpaired) electrons. The Morgan fingerprint density at radius 2 is 1.08 bits per heavy atom. The molecule has 3 atom stereocenters. The van der Waals surface area contributed by atoms with Crippen LogP contribution in [0.15, 0.2) is 48.6 Å². The molecule has 290 valence electrons. The van der Waals surface area contributed by atoms with Gasteiger partial charge >= 0.3 is 19.8 Å². The second-order valence-electron chi connectivity index (χ2n) is 12.8. The van der Waals surface area contributed by atoms with Gasteiger partial charge in [-0.25, -0.2) is 4.57 Å². The standard InChI is InChI=1S/C39H69O10P/c1-3-5-7-9-11-13-15-17-19-21-23-25-27-31-38(42)47-33-35(34-48-50(44,45)46)49-39(43)32-28-30-37(41)36(40)29-26-24-22-20-18-16-14-12-10-8-6-4-2/h6,8,12,14,18,20,24,26,35-37,40-41H,3-5,7,9-11,13,15-17,19,21-23,25,27-34H2,1-2H3,(H2,44,45,46)/b8-6-,14-12-,20-18-,26-24-/t35-,36-,37-/m1/s1. The SMILES string of the molecule is CC/C=C\C/C=C\C/C=C\C/C=C\C[C@@H](O)[C@H](O)CCCC(=O)O[C@H](COC(=O)CCCCCCCCCCCCCCC)COP(=O)(O)O. The Morgan fingerprint density at radius 1 is 0.600 bits per heavy atom. The first-order valence-electron chi connectivity index (χ1n) is 19.1. The molecule has 10 nitrogen and oxygen atoms in total. The van der Waals surface area contributed by atoms with Crippen LogP contribution in [0.3, 0.4) is 0 Å². The number of phosphoric acid groups is 1. The van der Waals surface area contributed by atoms with E-state index in [1.165, 1.54) is 57.8 Å². The highest BCUT2D eigenvalue weighted by molar-refractivity contribution is 7.46. The monoisotopic (exact) mass is 728 g/mol. The molecule has 50 heavy (non-hydrogen) atoms. The number of hydrogen-bond donors (Lipinski definition) is 4. The van der Waals surface area contributed by atoms with Crippen LogP contribution < -0.4 is 0 Å². The van der Waals surface area contributed by atoms with Gasteiger partial charge in [-0.15, -0.1) is 0 Å². The van der Waals surface area contributed by atoms with Gasteiger partial charge in [-0.1, -0.05) is 140 Å². The Labute approximate surface area is 302 Å². The molecule has 0 saturated heterocycles. The van der Waals surface area contributed by atoms with Crippen LogP contribution in [0, 0.1) is 0 Å². The second kappa shape index (κ2) is 34.0. The van der Waals surface area contributed by atoms with Crippen LogP contribution in [0.4, 0.5) is 0 Å². The quantitative estimate of drug-likeness (QED) is 0.0218. The van der Waals surface area contributed by atoms with E-state index in [4.69, 9.17) is 19.3 Å². The molecule has 0 aromatic carbocycles. The number of rotatable bonds is 34. The van der Waals surface area contributed by atoms with Gasteiger partial charge in [0.2, 0.25) is 0 Å². The minimum absolute atomic E-state index is 0.104. The number of phosphoric ester groups is 1. The van der Waals surface area contributed by atoms with Crippen LogP contribution in [0.1, 0.15) is 155 Å². The summed E-state index contributed by atoms with van der Waals surface area (Å²) in [6.07, 6.45) is 32.9. The normalized spacial score (nSPS) is 14.3. The van der Waals surface area contributed by atoms with E-state index in [0.717, 1.165) is 44.9 Å². The largest absolute Gasteiger partial charge is 0.469 e. The third-order valence-corrected chi connectivity index (χ3v) is 8.55. The fourth-order valence-electron chi connectivity index (χ4n) is 5.11. The van der Waals surface area contributed by atoms with Gasteiger partial charge < -0.3 is 29.5 Å². The van der Waals surface area contributed by atoms with Crippen molar-refractivity contribution < 1.29 is 48.2 Å². The van der Waals surface area contributed by atoms with Crippen molar-refractivity contribution >= 4 is 19.8 Å². The van der Waals surface area contributed by atoms with Crippen molar-refractivity contribution in [2.45, 2.75) is 173 Å². The van der Waals surface area contributed by atoms with Crippen molar-refractivity contribution in [1.29, 1.82) is 0 Å². The molecule has 11 heteroatoms. The average Bonchev–Trinajstić information content (AvgIpc) is 3.07. The summed E-state index contributed by atoms with van der Waals surface area (Å²) in [7, 11) is -4.83. The Kier molecular flexibility index (Phi) is 32.6. The summed E-state index contributed by atoms with van der Waals surface area (Å²) < 4.78 is 26.1. The minimum Gasteiger partial charge on any atom is -0.462 e. The molecule has 0 aliphatic carbocycles. The van der Waals surface area contributed by atoms with Gasteiger partial charge in [0.15, 0.2) is 6.10 Å². The molecule has 0 aromatic heterocycles. The lowest BCUT2D eigenvalue weighted by Gasteiger charge is -2.19. The van der Waals surface area contributed by atoms with Crippen molar-refractivity contribution in [1.82, 2.24) is 0 Å². The highest BCUT2D eigenvalue weighted by atomic mass is 31.2. The van der Waals surface area contributed by atoms with Crippen LogP contribution in [-0.2, 0) is 28.2 Å². The lowest BCUT2D eigenvalue weighted by molar-refractivity contribution is -0.161. The third kappa shape index (κ3) is 34.4. The van der Waals surface area contributed by atoms with Crippen LogP contribution in [0.2, 0.25) is 0 Å². The molecule has 0 bridgehead atoms. The Balaban J connectivity index is 4.24. The summed E-state index contributed by atoms with van der Waals surface area (Å²) in [5.41, 5.74) is 0. The number of allylic oxidation sites excluding steroid dienone is 7. The van der Waals surface area contributed by atoms with Gasteiger partial charge in [0, 0.05) is 12.8 Å². The number of aliphatic hydroxyl groups is 2. The van der Waals surface area contributed by atoms with E-state index in [-0.39, 0.29) is 38.7 Å². The third-order valence-electron chi connectivity index (χ3n) is 8.06. The minimum atomic E-state index is -4.83. The first-order chi connectivity index (χ1) is 24.1. The molecule has 0 saturated carbocycles. The van der Waals surface area contributed by atoms with Crippen molar-refractivity contribution in [2.24, 2.45) is 0 Å². The maximum atomic E-state index is 12.4. The Hall–Kier alpha value is -2.07. The number of hydrogen-bond acceptors (Lipinski definition) is 8. The van der Waals surface area contributed by atoms with E-state index in [0.29, 0.717) is 6.42 Å². The smallest absolute Gasteiger partial charge is 0.462 e. The fraction of sp³-hybridized carbons (Fsp3) is 0.744. The van der Waals surface area contributed by atoms with Gasteiger partial charge in [0.1, 0.15) is 6.61 Å². The predicted molar refractivity (Wildman–Crippen MR) is 200 cm³/mol. The molecule has 4 N–H and O–H groups in total. The van der Waals surface area contributed by atoms with Crippen LogP contribution in [0.25, 0.3) is 0 Å². The van der Waals surface area contributed by atoms with Gasteiger partial charge in [-0.05, 0) is 51.4 Å². The number of aliphatic hydroxyl groups excluding tert-OH is 2. The zero-order valence-corrected chi connectivity index (χ0v) is 31.9. The van der Waals surface area contributed by atoms with Crippen molar-refractivity contribution in [2.75, 3.05) is 13.2 Å². The van der Waals surface area contributed by atoms with Gasteiger partial charge in [-0.2, -0.15) is 0 Å². The molecule has 0 fully saturated rings. The van der Waals surface area contributed by atoms with E-state index < -0.39 is 44.7 Å². The van der Waals surface area contributed by atoms with E-state index in [2.05, 4.69) is 48.8 Å². The maximum Gasteiger partial charge on any atom is 0.469 e. The summed E-state index contributed by atoms with van der Waals surface area (Å²) in [5.74, 6) is -1.17. The van der Waals surface area contributed by atoms with E-state index in [1.54, 1.807) is 0 Å². The van der Waals surface area contributed by atoms with Crippen molar-refractivity contribution in [3.8, 4) is 0 Å². The lowest BCUT2D eigenvalue weighted by Crippen LogP contribution is -2.30. The lowest BCUT2D eigenvalue weighted by atomic mass is 10.0. The molecule has 0 heterocycles.